The maximum absolute atomic E-state index is 12.9. The molecular weight excluding hydrogens is 370 g/mol. The topological polar surface area (TPSA) is 57.2 Å². The smallest absolute Gasteiger partial charge is 0.410 e. The Labute approximate surface area is 174 Å². The number of rotatable bonds is 8. The molecular formula is C23H35NO5. The van der Waals surface area contributed by atoms with Crippen LogP contribution in [0.25, 0.3) is 0 Å². The zero-order valence-corrected chi connectivity index (χ0v) is 18.5. The third-order valence-corrected chi connectivity index (χ3v) is 5.07. The molecule has 1 aliphatic rings. The van der Waals surface area contributed by atoms with Gasteiger partial charge in [0.25, 0.3) is 0 Å². The minimum Gasteiger partial charge on any atom is -0.439 e. The molecule has 6 nitrogen and oxygen atoms in total. The summed E-state index contributed by atoms with van der Waals surface area (Å²) in [6.07, 6.45) is -1.76. The van der Waals surface area contributed by atoms with Crippen LogP contribution in [0, 0.1) is 0 Å². The zero-order chi connectivity index (χ0) is 21.6. The van der Waals surface area contributed by atoms with Crippen molar-refractivity contribution in [3.63, 3.8) is 0 Å². The highest BCUT2D eigenvalue weighted by atomic mass is 16.7. The van der Waals surface area contributed by atoms with Crippen molar-refractivity contribution >= 4 is 6.09 Å². The average Bonchev–Trinajstić information content (AvgIpc) is 2.67. The van der Waals surface area contributed by atoms with Gasteiger partial charge in [-0.3, -0.25) is 0 Å². The summed E-state index contributed by atoms with van der Waals surface area (Å²) in [5.41, 5.74) is 1.83. The molecule has 162 valence electrons. The van der Waals surface area contributed by atoms with Crippen molar-refractivity contribution in [1.82, 2.24) is 4.90 Å². The Morgan fingerprint density at radius 3 is 2.34 bits per heavy atom. The van der Waals surface area contributed by atoms with E-state index < -0.39 is 18.5 Å². The van der Waals surface area contributed by atoms with Crippen LogP contribution in [0.3, 0.4) is 0 Å². The maximum atomic E-state index is 12.9. The third-order valence-electron chi connectivity index (χ3n) is 5.07. The lowest BCUT2D eigenvalue weighted by Gasteiger charge is -2.41. The Bertz CT molecular complexity index is 652. The summed E-state index contributed by atoms with van der Waals surface area (Å²) >= 11 is 0. The van der Waals surface area contributed by atoms with Gasteiger partial charge >= 0.3 is 6.09 Å². The molecule has 1 aliphatic heterocycles. The van der Waals surface area contributed by atoms with Crippen LogP contribution in [0.2, 0.25) is 0 Å². The number of amides is 1. The first-order valence-corrected chi connectivity index (χ1v) is 10.2. The van der Waals surface area contributed by atoms with Gasteiger partial charge in [0.15, 0.2) is 12.4 Å². The molecule has 1 heterocycles. The summed E-state index contributed by atoms with van der Waals surface area (Å²) in [4.78, 5) is 14.6. The van der Waals surface area contributed by atoms with Crippen molar-refractivity contribution < 1.29 is 23.7 Å². The van der Waals surface area contributed by atoms with E-state index in [1.165, 1.54) is 0 Å². The first-order chi connectivity index (χ1) is 13.7. The normalized spacial score (nSPS) is 23.3. The third kappa shape index (κ3) is 6.29. The molecule has 0 aliphatic carbocycles. The van der Waals surface area contributed by atoms with Gasteiger partial charge in [0.1, 0.15) is 6.10 Å². The van der Waals surface area contributed by atoms with Crippen molar-refractivity contribution in [2.45, 2.75) is 84.3 Å². The van der Waals surface area contributed by atoms with E-state index in [9.17, 15) is 4.79 Å². The van der Waals surface area contributed by atoms with Gasteiger partial charge in [-0.25, -0.2) is 4.79 Å². The van der Waals surface area contributed by atoms with Crippen LogP contribution in [0.5, 0.6) is 0 Å². The largest absolute Gasteiger partial charge is 0.439 e. The summed E-state index contributed by atoms with van der Waals surface area (Å²) in [7, 11) is 1.59. The Morgan fingerprint density at radius 1 is 1.17 bits per heavy atom. The molecule has 2 rings (SSSR count). The number of ether oxygens (including phenoxy) is 4. The molecule has 1 amide bonds. The van der Waals surface area contributed by atoms with E-state index in [1.54, 1.807) is 12.0 Å². The van der Waals surface area contributed by atoms with Crippen LogP contribution in [-0.4, -0.2) is 54.8 Å². The van der Waals surface area contributed by atoms with Gasteiger partial charge in [-0.1, -0.05) is 36.9 Å². The molecule has 0 bridgehead atoms. The highest BCUT2D eigenvalue weighted by Gasteiger charge is 2.41. The van der Waals surface area contributed by atoms with E-state index >= 15 is 0 Å². The fourth-order valence-electron chi connectivity index (χ4n) is 3.59. The van der Waals surface area contributed by atoms with E-state index in [1.807, 2.05) is 65.0 Å². The minimum atomic E-state index is -0.598. The molecule has 0 spiro atoms. The van der Waals surface area contributed by atoms with Gasteiger partial charge in [0.2, 0.25) is 0 Å². The summed E-state index contributed by atoms with van der Waals surface area (Å²) in [6.45, 7) is 14.4. The lowest BCUT2D eigenvalue weighted by Crippen LogP contribution is -2.52. The van der Waals surface area contributed by atoms with E-state index in [-0.39, 0.29) is 24.3 Å². The number of nitrogens with zero attached hydrogens (tertiary/aromatic N) is 1. The van der Waals surface area contributed by atoms with Crippen molar-refractivity contribution in [3.8, 4) is 0 Å². The highest BCUT2D eigenvalue weighted by Crippen LogP contribution is 2.30. The van der Waals surface area contributed by atoms with Gasteiger partial charge in [-0.15, -0.1) is 0 Å². The Kier molecular flexibility index (Phi) is 8.68. The summed E-state index contributed by atoms with van der Waals surface area (Å²) in [5.74, 6) is 0. The quantitative estimate of drug-likeness (QED) is 0.595. The standard InChI is InChI=1S/C23H35NO5/c1-15(2)24(16(3)4)23(25)29-21-17(5)13-20(26-7)28-22(21)18(6)27-14-19-11-9-8-10-12-19/h8-12,15-16,18,20-22H,5,13-14H2,1-4,6-7H3/t18-,20-,21-,22+/m0/s1. The van der Waals surface area contributed by atoms with Crippen LogP contribution in [0.15, 0.2) is 42.5 Å². The average molecular weight is 406 g/mol. The van der Waals surface area contributed by atoms with Crippen LogP contribution < -0.4 is 0 Å². The predicted molar refractivity (Wildman–Crippen MR) is 113 cm³/mol. The zero-order valence-electron chi connectivity index (χ0n) is 18.5. The number of carbonyl (C=O) groups is 1. The lowest BCUT2D eigenvalue weighted by molar-refractivity contribution is -0.224. The maximum Gasteiger partial charge on any atom is 0.410 e. The van der Waals surface area contributed by atoms with Crippen LogP contribution >= 0.6 is 0 Å². The van der Waals surface area contributed by atoms with Crippen molar-refractivity contribution in [2.24, 2.45) is 0 Å². The van der Waals surface area contributed by atoms with E-state index in [2.05, 4.69) is 6.58 Å². The van der Waals surface area contributed by atoms with Crippen LogP contribution in [0.4, 0.5) is 4.79 Å². The number of methoxy groups -OCH3 is 1. The second-order valence-corrected chi connectivity index (χ2v) is 8.03. The fourth-order valence-corrected chi connectivity index (χ4v) is 3.59. The number of benzene rings is 1. The molecule has 1 aromatic rings. The molecule has 1 saturated heterocycles. The van der Waals surface area contributed by atoms with Crippen molar-refractivity contribution in [1.29, 1.82) is 0 Å². The first-order valence-electron chi connectivity index (χ1n) is 10.2. The summed E-state index contributed by atoms with van der Waals surface area (Å²) < 4.78 is 23.4. The number of hydrogen-bond acceptors (Lipinski definition) is 5. The van der Waals surface area contributed by atoms with Gasteiger partial charge in [0.05, 0.1) is 12.7 Å². The van der Waals surface area contributed by atoms with E-state index in [0.29, 0.717) is 13.0 Å². The van der Waals surface area contributed by atoms with Crippen molar-refractivity contribution in [2.75, 3.05) is 7.11 Å². The van der Waals surface area contributed by atoms with Gasteiger partial charge in [0, 0.05) is 25.6 Å². The van der Waals surface area contributed by atoms with Gasteiger partial charge < -0.3 is 23.8 Å². The number of hydrogen-bond donors (Lipinski definition) is 0. The molecule has 0 N–H and O–H groups in total. The number of carbonyl (C=O) groups excluding carboxylic acids is 1. The second kappa shape index (κ2) is 10.8. The molecule has 0 aromatic heterocycles. The van der Waals surface area contributed by atoms with Crippen molar-refractivity contribution in [3.05, 3.63) is 48.0 Å². The predicted octanol–water partition coefficient (Wildman–Crippen LogP) is 4.53. The monoisotopic (exact) mass is 405 g/mol. The van der Waals surface area contributed by atoms with Gasteiger partial charge in [-0.05, 0) is 45.8 Å². The molecule has 6 heteroatoms. The Balaban J connectivity index is 2.13. The molecule has 0 radical (unpaired) electrons. The van der Waals surface area contributed by atoms with Gasteiger partial charge in [-0.2, -0.15) is 0 Å². The molecule has 1 fully saturated rings. The first kappa shape index (κ1) is 23.4. The van der Waals surface area contributed by atoms with Crippen LogP contribution in [0.1, 0.15) is 46.6 Å². The van der Waals surface area contributed by atoms with E-state index in [0.717, 1.165) is 11.1 Å². The highest BCUT2D eigenvalue weighted by molar-refractivity contribution is 5.69. The Hall–Kier alpha value is -1.89. The molecule has 29 heavy (non-hydrogen) atoms. The molecule has 1 aromatic carbocycles. The summed E-state index contributed by atoms with van der Waals surface area (Å²) in [6, 6.07) is 9.97. The molecule has 0 saturated carbocycles. The molecule has 0 unspecified atom stereocenters. The Morgan fingerprint density at radius 2 is 1.79 bits per heavy atom. The summed E-state index contributed by atoms with van der Waals surface area (Å²) in [5, 5.41) is 0. The fraction of sp³-hybridized carbons (Fsp3) is 0.609. The minimum absolute atomic E-state index is 0.0252. The SMILES string of the molecule is C=C1C[C@@H](OC)O[C@H]([C@H](C)OCc2ccccc2)[C@H]1OC(=O)N(C(C)C)C(C)C. The molecule has 4 atom stereocenters. The lowest BCUT2D eigenvalue weighted by atomic mass is 9.96. The van der Waals surface area contributed by atoms with Crippen LogP contribution in [-0.2, 0) is 25.6 Å². The van der Waals surface area contributed by atoms with E-state index in [4.69, 9.17) is 18.9 Å². The second-order valence-electron chi connectivity index (χ2n) is 8.03.